The molecule has 3 aliphatic rings. The van der Waals surface area contributed by atoms with Crippen LogP contribution in [0.4, 0.5) is 10.5 Å². The molecule has 0 radical (unpaired) electrons. The summed E-state index contributed by atoms with van der Waals surface area (Å²) in [6.07, 6.45) is 7.32. The number of nitrogens with zero attached hydrogens (tertiary/aromatic N) is 1. The third-order valence-corrected chi connectivity index (χ3v) is 9.44. The van der Waals surface area contributed by atoms with Crippen molar-refractivity contribution in [2.75, 3.05) is 5.32 Å². The van der Waals surface area contributed by atoms with Crippen LogP contribution in [0, 0.1) is 4.78 Å². The average molecular weight is 465 g/mol. The lowest BCUT2D eigenvalue weighted by atomic mass is 9.99. The molecule has 1 aromatic carbocycles. The summed E-state index contributed by atoms with van der Waals surface area (Å²) in [6, 6.07) is 1.84. The fourth-order valence-corrected chi connectivity index (χ4v) is 7.22. The largest absolute Gasteiger partial charge is 0.387 e. The number of carbonyl (C=O) groups excluding carboxylic acids is 2. The molecule has 0 spiro atoms. The Morgan fingerprint density at radius 2 is 1.77 bits per heavy atom. The molecule has 2 unspecified atom stereocenters. The maximum atomic E-state index is 13.4. The van der Waals surface area contributed by atoms with Gasteiger partial charge in [-0.3, -0.25) is 14.4 Å². The molecule has 1 heterocycles. The molecule has 0 saturated heterocycles. The van der Waals surface area contributed by atoms with Gasteiger partial charge in [-0.15, -0.1) is 0 Å². The standard InChI is InChI=1S/C21H28N4O4S2/c1-12(26)24-31(22,29)17-11-25(19(30-17)21(2,3)28)20(27)23-18-15-8-4-6-13(15)10-14-7-5-9-16(14)18/h10-11,19,28H,4-9H2,1-3H3,(H,23,27)(H2,22,24,26,29). The highest BCUT2D eigenvalue weighted by Gasteiger charge is 2.43. The van der Waals surface area contributed by atoms with Gasteiger partial charge >= 0.3 is 6.03 Å². The van der Waals surface area contributed by atoms with Gasteiger partial charge in [0.25, 0.3) is 0 Å². The number of benzene rings is 1. The average Bonchev–Trinajstić information content (AvgIpc) is 3.38. The van der Waals surface area contributed by atoms with Crippen LogP contribution in [0.3, 0.4) is 0 Å². The minimum atomic E-state index is -3.62. The molecule has 1 aromatic rings. The molecule has 1 aliphatic heterocycles. The summed E-state index contributed by atoms with van der Waals surface area (Å²) >= 11 is 0.963. The maximum absolute atomic E-state index is 13.4. The molecule has 0 bridgehead atoms. The van der Waals surface area contributed by atoms with Gasteiger partial charge in [-0.05, 0) is 74.6 Å². The second-order valence-electron chi connectivity index (χ2n) is 8.86. The first-order valence-corrected chi connectivity index (χ1v) is 12.8. The number of amides is 3. The first-order valence-electron chi connectivity index (χ1n) is 10.4. The van der Waals surface area contributed by atoms with E-state index in [0.29, 0.717) is 0 Å². The molecule has 10 heteroatoms. The zero-order valence-electron chi connectivity index (χ0n) is 17.9. The first-order chi connectivity index (χ1) is 14.5. The van der Waals surface area contributed by atoms with Crippen molar-refractivity contribution in [3.05, 3.63) is 38.8 Å². The fourth-order valence-electron chi connectivity index (χ4n) is 4.56. The van der Waals surface area contributed by atoms with Gasteiger partial charge < -0.3 is 10.4 Å². The number of urea groups is 1. The van der Waals surface area contributed by atoms with Gasteiger partial charge in [0, 0.05) is 18.8 Å². The van der Waals surface area contributed by atoms with Gasteiger partial charge in [0.1, 0.15) is 9.61 Å². The topological polar surface area (TPSA) is 123 Å². The van der Waals surface area contributed by atoms with Crippen LogP contribution in [0.25, 0.3) is 0 Å². The Morgan fingerprint density at radius 3 is 2.29 bits per heavy atom. The van der Waals surface area contributed by atoms with E-state index >= 15 is 0 Å². The van der Waals surface area contributed by atoms with E-state index in [-0.39, 0.29) is 4.24 Å². The van der Waals surface area contributed by atoms with E-state index in [0.717, 1.165) is 56.0 Å². The van der Waals surface area contributed by atoms with Gasteiger partial charge in [0.15, 0.2) is 9.92 Å². The molecule has 4 rings (SSSR count). The molecule has 0 saturated carbocycles. The van der Waals surface area contributed by atoms with Gasteiger partial charge in [-0.2, -0.15) is 0 Å². The Kier molecular flexibility index (Phi) is 5.60. The second-order valence-corrected chi connectivity index (χ2v) is 12.0. The van der Waals surface area contributed by atoms with Gasteiger partial charge in [0.2, 0.25) is 5.91 Å². The summed E-state index contributed by atoms with van der Waals surface area (Å²) in [5.41, 5.74) is 4.51. The number of rotatable bonds is 4. The van der Waals surface area contributed by atoms with E-state index in [1.165, 1.54) is 40.3 Å². The monoisotopic (exact) mass is 464 g/mol. The summed E-state index contributed by atoms with van der Waals surface area (Å²) in [4.78, 5) is 26.0. The SMILES string of the molecule is CC(=O)NS(=N)(=O)C1=CN(C(=O)Nc2c3c(cc4c2CCC4)CCC3)C(C(C)(C)O)S1. The van der Waals surface area contributed by atoms with Gasteiger partial charge in [0.05, 0.1) is 5.60 Å². The van der Waals surface area contributed by atoms with Crippen molar-refractivity contribution in [3.63, 3.8) is 0 Å². The summed E-state index contributed by atoms with van der Waals surface area (Å²) in [7, 11) is -3.62. The molecular formula is C21H28N4O4S2. The van der Waals surface area contributed by atoms with E-state index < -0.39 is 32.8 Å². The van der Waals surface area contributed by atoms with Crippen molar-refractivity contribution in [1.82, 2.24) is 9.62 Å². The zero-order chi connectivity index (χ0) is 22.6. The summed E-state index contributed by atoms with van der Waals surface area (Å²) in [5.74, 6) is -0.598. The predicted molar refractivity (Wildman–Crippen MR) is 122 cm³/mol. The third-order valence-electron chi connectivity index (χ3n) is 5.84. The predicted octanol–water partition coefficient (Wildman–Crippen LogP) is 3.24. The van der Waals surface area contributed by atoms with Crippen LogP contribution >= 0.6 is 11.8 Å². The van der Waals surface area contributed by atoms with Crippen LogP contribution < -0.4 is 10.0 Å². The van der Waals surface area contributed by atoms with E-state index in [4.69, 9.17) is 4.78 Å². The molecule has 0 aromatic heterocycles. The van der Waals surface area contributed by atoms with E-state index in [9.17, 15) is 18.9 Å². The Bertz CT molecular complexity index is 1060. The minimum Gasteiger partial charge on any atom is -0.387 e. The Labute approximate surface area is 187 Å². The Morgan fingerprint density at radius 1 is 1.19 bits per heavy atom. The summed E-state index contributed by atoms with van der Waals surface area (Å²) in [5, 5.41) is 13.0. The van der Waals surface area contributed by atoms with Crippen LogP contribution in [-0.4, -0.2) is 37.1 Å². The number of hydrogen-bond donors (Lipinski definition) is 4. The normalized spacial score (nSPS) is 21.9. The molecule has 3 amide bonds. The van der Waals surface area contributed by atoms with E-state index in [1.54, 1.807) is 13.8 Å². The molecule has 2 aliphatic carbocycles. The number of hydrogen-bond acceptors (Lipinski definition) is 6. The number of anilines is 1. The van der Waals surface area contributed by atoms with Crippen LogP contribution in [0.2, 0.25) is 0 Å². The lowest BCUT2D eigenvalue weighted by Crippen LogP contribution is -2.47. The maximum Gasteiger partial charge on any atom is 0.327 e. The highest BCUT2D eigenvalue weighted by atomic mass is 32.3. The fraction of sp³-hybridized carbons (Fsp3) is 0.524. The number of carbonyl (C=O) groups is 2. The second kappa shape index (κ2) is 7.83. The molecule has 8 nitrogen and oxygen atoms in total. The van der Waals surface area contributed by atoms with Crippen molar-refractivity contribution < 1.29 is 18.9 Å². The van der Waals surface area contributed by atoms with Crippen LogP contribution in [0.1, 0.15) is 55.9 Å². The number of aryl methyl sites for hydroxylation is 2. The molecule has 168 valence electrons. The third kappa shape index (κ3) is 4.20. The van der Waals surface area contributed by atoms with Crippen LogP contribution in [-0.2, 0) is 40.4 Å². The lowest BCUT2D eigenvalue weighted by Gasteiger charge is -2.32. The minimum absolute atomic E-state index is 0.0356. The quantitative estimate of drug-likeness (QED) is 0.545. The van der Waals surface area contributed by atoms with Gasteiger partial charge in [-0.25, -0.2) is 13.8 Å². The molecular weight excluding hydrogens is 436 g/mol. The highest BCUT2D eigenvalue weighted by molar-refractivity contribution is 8.19. The Hall–Kier alpha value is -2.04. The van der Waals surface area contributed by atoms with Crippen molar-refractivity contribution in [1.29, 1.82) is 4.78 Å². The van der Waals surface area contributed by atoms with Crippen molar-refractivity contribution >= 4 is 39.3 Å². The molecule has 4 N–H and O–H groups in total. The molecule has 31 heavy (non-hydrogen) atoms. The number of thioether (sulfide) groups is 1. The number of nitrogens with one attached hydrogen (secondary N) is 3. The van der Waals surface area contributed by atoms with Gasteiger partial charge in [-0.1, -0.05) is 17.8 Å². The Balaban J connectivity index is 1.68. The number of aliphatic hydroxyl groups is 1. The highest BCUT2D eigenvalue weighted by Crippen LogP contribution is 2.43. The zero-order valence-corrected chi connectivity index (χ0v) is 19.5. The van der Waals surface area contributed by atoms with E-state index in [1.807, 2.05) is 0 Å². The van der Waals surface area contributed by atoms with E-state index in [2.05, 4.69) is 16.1 Å². The summed E-state index contributed by atoms with van der Waals surface area (Å²) < 4.78 is 23.0. The van der Waals surface area contributed by atoms with Crippen molar-refractivity contribution in [2.24, 2.45) is 0 Å². The lowest BCUT2D eigenvalue weighted by molar-refractivity contribution is -0.117. The molecule has 2 atom stereocenters. The number of fused-ring (bicyclic) bond motifs is 2. The van der Waals surface area contributed by atoms with Crippen LogP contribution in [0.5, 0.6) is 0 Å². The first kappa shape index (κ1) is 22.2. The summed E-state index contributed by atoms with van der Waals surface area (Å²) in [6.45, 7) is 4.30. The van der Waals surface area contributed by atoms with Crippen molar-refractivity contribution in [2.45, 2.75) is 70.3 Å². The van der Waals surface area contributed by atoms with Crippen LogP contribution in [0.15, 0.2) is 16.5 Å². The smallest absolute Gasteiger partial charge is 0.327 e. The van der Waals surface area contributed by atoms with Crippen molar-refractivity contribution in [3.8, 4) is 0 Å². The molecule has 0 fully saturated rings.